The van der Waals surface area contributed by atoms with E-state index in [0.717, 1.165) is 18.5 Å². The van der Waals surface area contributed by atoms with Gasteiger partial charge in [-0.2, -0.15) is 0 Å². The fourth-order valence-corrected chi connectivity index (χ4v) is 0.736. The molecule has 0 fully saturated rings. The highest BCUT2D eigenvalue weighted by Crippen LogP contribution is 1.98. The van der Waals surface area contributed by atoms with Crippen molar-refractivity contribution in [3.63, 3.8) is 0 Å². The number of carbonyl (C=O) groups is 1. The van der Waals surface area contributed by atoms with Crippen molar-refractivity contribution < 1.29 is 4.79 Å². The molecule has 2 nitrogen and oxygen atoms in total. The van der Waals surface area contributed by atoms with E-state index in [1.807, 2.05) is 19.1 Å². The molecule has 0 aromatic heterocycles. The number of hydrogen-bond acceptors (Lipinski definition) is 1. The Hall–Kier alpha value is -1.05. The molecule has 0 rings (SSSR count). The van der Waals surface area contributed by atoms with E-state index < -0.39 is 0 Å². The number of nitrogens with one attached hydrogen (secondary N) is 1. The third-order valence-electron chi connectivity index (χ3n) is 1.20. The first-order valence-electron chi connectivity index (χ1n) is 3.73. The van der Waals surface area contributed by atoms with Gasteiger partial charge in [-0.15, -0.1) is 0 Å². The lowest BCUT2D eigenvalue weighted by Gasteiger charge is -2.02. The maximum absolute atomic E-state index is 10.5. The zero-order valence-corrected chi connectivity index (χ0v) is 7.18. The lowest BCUT2D eigenvalue weighted by atomic mass is 10.2. The third-order valence-corrected chi connectivity index (χ3v) is 1.20. The summed E-state index contributed by atoms with van der Waals surface area (Å²) in [5.41, 5.74) is 0.788. The first kappa shape index (κ1) is 9.95. The van der Waals surface area contributed by atoms with Crippen molar-refractivity contribution in [3.8, 4) is 0 Å². The summed E-state index contributed by atoms with van der Waals surface area (Å²) in [5.74, 6) is -0.0459. The molecule has 11 heavy (non-hydrogen) atoms. The minimum absolute atomic E-state index is 0.0459. The van der Waals surface area contributed by atoms with Crippen LogP contribution in [0.3, 0.4) is 0 Å². The Morgan fingerprint density at radius 3 is 2.73 bits per heavy atom. The first-order chi connectivity index (χ1) is 5.16. The average Bonchev–Trinajstić information content (AvgIpc) is 1.86. The summed E-state index contributed by atoms with van der Waals surface area (Å²) in [6.45, 7) is 7.16. The molecule has 62 valence electrons. The van der Waals surface area contributed by atoms with Crippen LogP contribution in [0.25, 0.3) is 0 Å². The molecule has 0 saturated heterocycles. The van der Waals surface area contributed by atoms with Gasteiger partial charge in [0.2, 0.25) is 5.91 Å². The van der Waals surface area contributed by atoms with Gasteiger partial charge >= 0.3 is 0 Å². The summed E-state index contributed by atoms with van der Waals surface area (Å²) in [4.78, 5) is 10.5. The number of rotatable bonds is 4. The Kier molecular flexibility index (Phi) is 5.17. The minimum Gasteiger partial charge on any atom is -0.331 e. The molecule has 0 radical (unpaired) electrons. The van der Waals surface area contributed by atoms with E-state index in [4.69, 9.17) is 0 Å². The molecule has 0 atom stereocenters. The number of carbonyl (C=O) groups excluding carboxylic acids is 1. The maximum Gasteiger partial charge on any atom is 0.220 e. The van der Waals surface area contributed by atoms with Gasteiger partial charge in [-0.05, 0) is 19.8 Å². The topological polar surface area (TPSA) is 29.1 Å². The monoisotopic (exact) mass is 153 g/mol. The standard InChI is InChI=1S/C9H15NO/c1-4-5-6-7-8(2)10-9(3)11/h4-5H,2,6-7H2,1,3H3,(H,10,11)/b5-4-. The summed E-state index contributed by atoms with van der Waals surface area (Å²) >= 11 is 0. The molecule has 0 saturated carbocycles. The van der Waals surface area contributed by atoms with Crippen LogP contribution in [0.1, 0.15) is 26.7 Å². The Morgan fingerprint density at radius 2 is 2.27 bits per heavy atom. The van der Waals surface area contributed by atoms with E-state index in [2.05, 4.69) is 11.9 Å². The van der Waals surface area contributed by atoms with Crippen LogP contribution in [-0.4, -0.2) is 5.91 Å². The van der Waals surface area contributed by atoms with E-state index in [0.29, 0.717) is 0 Å². The Morgan fingerprint density at radius 1 is 1.64 bits per heavy atom. The van der Waals surface area contributed by atoms with E-state index in [1.165, 1.54) is 6.92 Å². The SMILES string of the molecule is C=C(CC/C=C\C)NC(C)=O. The Balaban J connectivity index is 3.45. The summed E-state index contributed by atoms with van der Waals surface area (Å²) in [5, 5.41) is 2.63. The normalized spacial score (nSPS) is 10.0. The molecule has 0 heterocycles. The molecular formula is C9H15NO. The van der Waals surface area contributed by atoms with Crippen molar-refractivity contribution in [1.82, 2.24) is 5.32 Å². The Labute approximate surface area is 68.0 Å². The van der Waals surface area contributed by atoms with Gasteiger partial charge < -0.3 is 5.32 Å². The molecule has 0 aliphatic heterocycles. The number of hydrogen-bond donors (Lipinski definition) is 1. The molecule has 0 bridgehead atoms. The van der Waals surface area contributed by atoms with Crippen LogP contribution < -0.4 is 5.32 Å². The van der Waals surface area contributed by atoms with Crippen molar-refractivity contribution in [2.24, 2.45) is 0 Å². The van der Waals surface area contributed by atoms with E-state index in [-0.39, 0.29) is 5.91 Å². The minimum atomic E-state index is -0.0459. The van der Waals surface area contributed by atoms with E-state index in [1.54, 1.807) is 0 Å². The van der Waals surface area contributed by atoms with Crippen LogP contribution >= 0.6 is 0 Å². The van der Waals surface area contributed by atoms with Crippen molar-refractivity contribution in [2.45, 2.75) is 26.7 Å². The van der Waals surface area contributed by atoms with Gasteiger partial charge in [0.1, 0.15) is 0 Å². The van der Waals surface area contributed by atoms with Crippen molar-refractivity contribution >= 4 is 5.91 Å². The second-order valence-electron chi connectivity index (χ2n) is 2.39. The van der Waals surface area contributed by atoms with Crippen molar-refractivity contribution in [3.05, 3.63) is 24.4 Å². The van der Waals surface area contributed by atoms with Gasteiger partial charge in [0.25, 0.3) is 0 Å². The number of amides is 1. The molecule has 1 amide bonds. The van der Waals surface area contributed by atoms with Crippen LogP contribution in [0.2, 0.25) is 0 Å². The lowest BCUT2D eigenvalue weighted by molar-refractivity contribution is -0.118. The van der Waals surface area contributed by atoms with Crippen LogP contribution in [0.5, 0.6) is 0 Å². The maximum atomic E-state index is 10.5. The number of allylic oxidation sites excluding steroid dienone is 3. The van der Waals surface area contributed by atoms with Gasteiger partial charge in [0.05, 0.1) is 0 Å². The highest BCUT2D eigenvalue weighted by atomic mass is 16.1. The highest BCUT2D eigenvalue weighted by Gasteiger charge is 1.93. The highest BCUT2D eigenvalue weighted by molar-refractivity contribution is 5.74. The first-order valence-corrected chi connectivity index (χ1v) is 3.73. The molecule has 0 aliphatic carbocycles. The average molecular weight is 153 g/mol. The van der Waals surface area contributed by atoms with E-state index in [9.17, 15) is 4.79 Å². The van der Waals surface area contributed by atoms with Crippen molar-refractivity contribution in [1.29, 1.82) is 0 Å². The third kappa shape index (κ3) is 6.84. The van der Waals surface area contributed by atoms with Crippen LogP contribution in [0.15, 0.2) is 24.4 Å². The Bertz CT molecular complexity index is 170. The molecule has 2 heteroatoms. The van der Waals surface area contributed by atoms with Crippen LogP contribution in [0.4, 0.5) is 0 Å². The van der Waals surface area contributed by atoms with Gasteiger partial charge in [-0.25, -0.2) is 0 Å². The molecule has 0 aromatic carbocycles. The van der Waals surface area contributed by atoms with E-state index >= 15 is 0 Å². The van der Waals surface area contributed by atoms with Gasteiger partial charge in [0.15, 0.2) is 0 Å². The van der Waals surface area contributed by atoms with Gasteiger partial charge in [0, 0.05) is 12.6 Å². The molecule has 0 spiro atoms. The zero-order chi connectivity index (χ0) is 8.69. The summed E-state index contributed by atoms with van der Waals surface area (Å²) in [7, 11) is 0. The van der Waals surface area contributed by atoms with Crippen LogP contribution in [0, 0.1) is 0 Å². The predicted molar refractivity (Wildman–Crippen MR) is 47.0 cm³/mol. The molecule has 0 aromatic rings. The quantitative estimate of drug-likeness (QED) is 0.615. The van der Waals surface area contributed by atoms with Crippen LogP contribution in [-0.2, 0) is 4.79 Å². The largest absolute Gasteiger partial charge is 0.331 e. The molecular weight excluding hydrogens is 138 g/mol. The fraction of sp³-hybridized carbons (Fsp3) is 0.444. The lowest BCUT2D eigenvalue weighted by Crippen LogP contribution is -2.17. The summed E-state index contributed by atoms with van der Waals surface area (Å²) in [6, 6.07) is 0. The fourth-order valence-electron chi connectivity index (χ4n) is 0.736. The summed E-state index contributed by atoms with van der Waals surface area (Å²) < 4.78 is 0. The zero-order valence-electron chi connectivity index (χ0n) is 7.18. The summed E-state index contributed by atoms with van der Waals surface area (Å²) in [6.07, 6.45) is 5.80. The second kappa shape index (κ2) is 5.71. The predicted octanol–water partition coefficient (Wildman–Crippen LogP) is 1.99. The second-order valence-corrected chi connectivity index (χ2v) is 2.39. The van der Waals surface area contributed by atoms with Gasteiger partial charge in [-0.3, -0.25) is 4.79 Å². The smallest absolute Gasteiger partial charge is 0.220 e. The molecule has 0 unspecified atom stereocenters. The molecule has 0 aliphatic rings. The van der Waals surface area contributed by atoms with Crippen molar-refractivity contribution in [2.75, 3.05) is 0 Å². The molecule has 1 N–H and O–H groups in total. The van der Waals surface area contributed by atoms with Gasteiger partial charge in [-0.1, -0.05) is 18.7 Å².